The molecule has 2 nitrogen and oxygen atoms in total. The smallest absolute Gasteiger partial charge is 0.0938 e. The Balaban J connectivity index is 2.11. The molecule has 84 valence electrons. The van der Waals surface area contributed by atoms with Gasteiger partial charge in [-0.3, -0.25) is 4.98 Å². The molecule has 0 spiro atoms. The first kappa shape index (κ1) is 12.2. The van der Waals surface area contributed by atoms with Crippen molar-refractivity contribution in [2.45, 2.75) is 12.5 Å². The monoisotopic (exact) mass is 361 g/mol. The molecule has 0 bridgehead atoms. The van der Waals surface area contributed by atoms with E-state index in [0.29, 0.717) is 6.42 Å². The average Bonchev–Trinajstić information content (AvgIpc) is 2.61. The fourth-order valence-electron chi connectivity index (χ4n) is 1.35. The number of rotatable bonds is 3. The predicted molar refractivity (Wildman–Crippen MR) is 72.6 cm³/mol. The van der Waals surface area contributed by atoms with Crippen molar-refractivity contribution in [2.24, 2.45) is 0 Å². The summed E-state index contributed by atoms with van der Waals surface area (Å²) in [6.07, 6.45) is 1.78. The Morgan fingerprint density at radius 3 is 2.75 bits per heavy atom. The van der Waals surface area contributed by atoms with Crippen LogP contribution in [0.4, 0.5) is 0 Å². The molecule has 2 aromatic rings. The lowest BCUT2D eigenvalue weighted by atomic mass is 10.1. The first-order valence-corrected chi connectivity index (χ1v) is 7.10. The molecule has 0 saturated heterocycles. The van der Waals surface area contributed by atoms with Gasteiger partial charge in [0.15, 0.2) is 0 Å². The van der Waals surface area contributed by atoms with Crippen molar-refractivity contribution in [3.05, 3.63) is 49.3 Å². The van der Waals surface area contributed by atoms with E-state index in [1.54, 1.807) is 6.20 Å². The van der Waals surface area contributed by atoms with E-state index >= 15 is 0 Å². The number of aliphatic hydroxyl groups is 1. The van der Waals surface area contributed by atoms with Crippen LogP contribution in [0.3, 0.4) is 0 Å². The third kappa shape index (κ3) is 2.91. The molecule has 0 saturated carbocycles. The second kappa shape index (κ2) is 5.40. The maximum Gasteiger partial charge on any atom is 0.0938 e. The summed E-state index contributed by atoms with van der Waals surface area (Å²) in [6.45, 7) is 0. The van der Waals surface area contributed by atoms with Crippen molar-refractivity contribution >= 4 is 43.2 Å². The summed E-state index contributed by atoms with van der Waals surface area (Å²) in [5.74, 6) is 0. The molecular formula is C11H9Br2NOS. The van der Waals surface area contributed by atoms with Crippen molar-refractivity contribution in [3.8, 4) is 0 Å². The zero-order valence-electron chi connectivity index (χ0n) is 8.23. The molecule has 16 heavy (non-hydrogen) atoms. The van der Waals surface area contributed by atoms with E-state index in [-0.39, 0.29) is 0 Å². The maximum absolute atomic E-state index is 10.0. The van der Waals surface area contributed by atoms with Gasteiger partial charge in [-0.1, -0.05) is 6.07 Å². The summed E-state index contributed by atoms with van der Waals surface area (Å²) in [4.78, 5) is 5.13. The van der Waals surface area contributed by atoms with Gasteiger partial charge in [-0.25, -0.2) is 0 Å². The largest absolute Gasteiger partial charge is 0.387 e. The molecule has 0 aliphatic rings. The number of halogens is 2. The van der Waals surface area contributed by atoms with Crippen LogP contribution in [0, 0.1) is 0 Å². The summed E-state index contributed by atoms with van der Waals surface area (Å²) in [5.41, 5.74) is 0.899. The molecule has 2 aromatic heterocycles. The second-order valence-corrected chi connectivity index (χ2v) is 6.57. The van der Waals surface area contributed by atoms with Crippen LogP contribution in [0.2, 0.25) is 0 Å². The zero-order valence-corrected chi connectivity index (χ0v) is 12.2. The lowest BCUT2D eigenvalue weighted by Gasteiger charge is -2.06. The Morgan fingerprint density at radius 2 is 2.19 bits per heavy atom. The fourth-order valence-corrected chi connectivity index (χ4v) is 3.42. The second-order valence-electron chi connectivity index (χ2n) is 3.31. The van der Waals surface area contributed by atoms with Gasteiger partial charge in [-0.2, -0.15) is 0 Å². The minimum absolute atomic E-state index is 0.498. The first-order chi connectivity index (χ1) is 7.66. The topological polar surface area (TPSA) is 33.1 Å². The molecule has 1 atom stereocenters. The third-order valence-electron chi connectivity index (χ3n) is 2.12. The Labute approximate surface area is 115 Å². The maximum atomic E-state index is 10.0. The van der Waals surface area contributed by atoms with E-state index in [4.69, 9.17) is 0 Å². The summed E-state index contributed by atoms with van der Waals surface area (Å²) in [5, 5.41) is 10.0. The minimum Gasteiger partial charge on any atom is -0.387 e. The van der Waals surface area contributed by atoms with E-state index in [9.17, 15) is 5.11 Å². The van der Waals surface area contributed by atoms with Gasteiger partial charge in [0.25, 0.3) is 0 Å². The summed E-state index contributed by atoms with van der Waals surface area (Å²) in [6, 6.07) is 7.65. The highest BCUT2D eigenvalue weighted by atomic mass is 79.9. The Kier molecular flexibility index (Phi) is 4.13. The molecule has 2 rings (SSSR count). The van der Waals surface area contributed by atoms with Crippen molar-refractivity contribution in [1.29, 1.82) is 0 Å². The Morgan fingerprint density at radius 1 is 1.38 bits per heavy atom. The van der Waals surface area contributed by atoms with Crippen molar-refractivity contribution < 1.29 is 5.11 Å². The molecule has 0 fully saturated rings. The molecule has 0 aromatic carbocycles. The van der Waals surface area contributed by atoms with Crippen molar-refractivity contribution in [2.75, 3.05) is 0 Å². The van der Waals surface area contributed by atoms with Crippen LogP contribution < -0.4 is 0 Å². The number of thiophene rings is 1. The van der Waals surface area contributed by atoms with E-state index < -0.39 is 6.10 Å². The van der Waals surface area contributed by atoms with E-state index in [0.717, 1.165) is 18.8 Å². The van der Waals surface area contributed by atoms with E-state index in [1.807, 2.05) is 24.3 Å². The highest BCUT2D eigenvalue weighted by Crippen LogP contribution is 2.36. The van der Waals surface area contributed by atoms with Crippen LogP contribution in [-0.2, 0) is 6.42 Å². The molecule has 1 unspecified atom stereocenters. The number of pyridine rings is 1. The van der Waals surface area contributed by atoms with Crippen molar-refractivity contribution in [1.82, 2.24) is 4.98 Å². The molecule has 0 amide bonds. The third-order valence-corrected chi connectivity index (χ3v) is 5.48. The molecule has 0 aliphatic carbocycles. The summed E-state index contributed by atoms with van der Waals surface area (Å²) < 4.78 is 1.98. The van der Waals surface area contributed by atoms with Gasteiger partial charge in [0.2, 0.25) is 0 Å². The SMILES string of the molecule is OC(Cc1ccccn1)c1cc(Br)c(Br)s1. The zero-order chi connectivity index (χ0) is 11.5. The highest BCUT2D eigenvalue weighted by molar-refractivity contribution is 9.13. The lowest BCUT2D eigenvalue weighted by molar-refractivity contribution is 0.181. The highest BCUT2D eigenvalue weighted by Gasteiger charge is 2.13. The van der Waals surface area contributed by atoms with Gasteiger partial charge in [-0.05, 0) is 50.1 Å². The minimum atomic E-state index is -0.498. The number of aromatic nitrogens is 1. The predicted octanol–water partition coefficient (Wildman–Crippen LogP) is 3.94. The Hall–Kier alpha value is -0.230. The van der Waals surface area contributed by atoms with Crippen LogP contribution in [-0.4, -0.2) is 10.1 Å². The van der Waals surface area contributed by atoms with Gasteiger partial charge in [-0.15, -0.1) is 11.3 Å². The Bertz CT molecular complexity index is 453. The van der Waals surface area contributed by atoms with Gasteiger partial charge in [0, 0.05) is 27.7 Å². The summed E-state index contributed by atoms with van der Waals surface area (Å²) in [7, 11) is 0. The number of hydrogen-bond donors (Lipinski definition) is 1. The van der Waals surface area contributed by atoms with Crippen LogP contribution >= 0.6 is 43.2 Å². The van der Waals surface area contributed by atoms with E-state index in [1.165, 1.54) is 11.3 Å². The van der Waals surface area contributed by atoms with Gasteiger partial charge >= 0.3 is 0 Å². The molecule has 1 N–H and O–H groups in total. The molecule has 0 aliphatic heterocycles. The van der Waals surface area contributed by atoms with Gasteiger partial charge in [0.1, 0.15) is 0 Å². The molecule has 5 heteroatoms. The summed E-state index contributed by atoms with van der Waals surface area (Å²) >= 11 is 8.35. The van der Waals surface area contributed by atoms with Crippen molar-refractivity contribution in [3.63, 3.8) is 0 Å². The average molecular weight is 363 g/mol. The first-order valence-electron chi connectivity index (χ1n) is 4.69. The van der Waals surface area contributed by atoms with Crippen LogP contribution in [0.1, 0.15) is 16.7 Å². The standard InChI is InChI=1S/C11H9Br2NOS/c12-8-6-10(16-11(8)13)9(15)5-7-3-1-2-4-14-7/h1-4,6,9,15H,5H2. The van der Waals surface area contributed by atoms with Crippen LogP contribution in [0.15, 0.2) is 38.7 Å². The number of nitrogens with zero attached hydrogens (tertiary/aromatic N) is 1. The normalized spacial score (nSPS) is 12.7. The number of aliphatic hydroxyl groups excluding tert-OH is 1. The van der Waals surface area contributed by atoms with Gasteiger partial charge < -0.3 is 5.11 Å². The van der Waals surface area contributed by atoms with E-state index in [2.05, 4.69) is 36.8 Å². The van der Waals surface area contributed by atoms with Gasteiger partial charge in [0.05, 0.1) is 9.89 Å². The molecular weight excluding hydrogens is 354 g/mol. The quantitative estimate of drug-likeness (QED) is 0.896. The van der Waals surface area contributed by atoms with Crippen LogP contribution in [0.5, 0.6) is 0 Å². The molecule has 2 heterocycles. The fraction of sp³-hybridized carbons (Fsp3) is 0.182. The van der Waals surface area contributed by atoms with Crippen LogP contribution in [0.25, 0.3) is 0 Å². The lowest BCUT2D eigenvalue weighted by Crippen LogP contribution is -2.00. The number of hydrogen-bond acceptors (Lipinski definition) is 3. The molecule has 0 radical (unpaired) electrons.